The Labute approximate surface area is 210 Å². The van der Waals surface area contributed by atoms with Crippen LogP contribution in [0.15, 0.2) is 24.3 Å². The van der Waals surface area contributed by atoms with E-state index in [1.165, 1.54) is 6.92 Å². The van der Waals surface area contributed by atoms with Crippen LogP contribution in [0.2, 0.25) is 0 Å². The van der Waals surface area contributed by atoms with E-state index >= 15 is 0 Å². The van der Waals surface area contributed by atoms with Gasteiger partial charge in [-0.3, -0.25) is 19.2 Å². The van der Waals surface area contributed by atoms with E-state index in [1.54, 1.807) is 24.3 Å². The molecule has 200 valence electrons. The normalized spacial score (nSPS) is 12.1. The first-order chi connectivity index (χ1) is 17.2. The summed E-state index contributed by atoms with van der Waals surface area (Å²) in [5, 5.41) is 21.9. The number of amides is 6. The smallest absolute Gasteiger partial charge is 0.312 e. The SMILES string of the molecule is CC(=O)NC(CCCCN)C(=O)NCC(=O)NC(CCCNC(N)=O)C(=O)Nc1ccc(CO)cc1. The van der Waals surface area contributed by atoms with Crippen molar-refractivity contribution < 1.29 is 29.1 Å². The fourth-order valence-corrected chi connectivity index (χ4v) is 3.25. The van der Waals surface area contributed by atoms with Gasteiger partial charge in [0, 0.05) is 19.2 Å². The van der Waals surface area contributed by atoms with Gasteiger partial charge in [0.1, 0.15) is 12.1 Å². The second-order valence-electron chi connectivity index (χ2n) is 8.15. The van der Waals surface area contributed by atoms with Crippen molar-refractivity contribution in [2.45, 2.75) is 57.7 Å². The molecule has 6 amide bonds. The minimum absolute atomic E-state index is 0.138. The lowest BCUT2D eigenvalue weighted by Crippen LogP contribution is -2.51. The largest absolute Gasteiger partial charge is 0.392 e. The molecule has 0 aliphatic rings. The van der Waals surface area contributed by atoms with Crippen molar-refractivity contribution in [2.24, 2.45) is 11.5 Å². The Kier molecular flexibility index (Phi) is 14.2. The Balaban J connectivity index is 2.73. The molecule has 1 aromatic carbocycles. The van der Waals surface area contributed by atoms with Crippen molar-refractivity contribution in [3.05, 3.63) is 29.8 Å². The molecule has 0 aliphatic heterocycles. The van der Waals surface area contributed by atoms with Gasteiger partial charge in [0.25, 0.3) is 0 Å². The molecule has 0 aliphatic carbocycles. The Bertz CT molecular complexity index is 878. The number of carbonyl (C=O) groups excluding carboxylic acids is 5. The lowest BCUT2D eigenvalue weighted by Gasteiger charge is -2.20. The van der Waals surface area contributed by atoms with Crippen LogP contribution in [-0.2, 0) is 25.8 Å². The van der Waals surface area contributed by atoms with Crippen LogP contribution in [0, 0.1) is 0 Å². The topological polar surface area (TPSA) is 218 Å². The summed E-state index contributed by atoms with van der Waals surface area (Å²) in [6.45, 7) is 1.42. The van der Waals surface area contributed by atoms with Gasteiger partial charge < -0.3 is 43.2 Å². The van der Waals surface area contributed by atoms with Crippen LogP contribution in [0.25, 0.3) is 0 Å². The average molecular weight is 508 g/mol. The molecule has 2 atom stereocenters. The third-order valence-corrected chi connectivity index (χ3v) is 5.09. The van der Waals surface area contributed by atoms with Gasteiger partial charge in [-0.25, -0.2) is 4.79 Å². The zero-order valence-corrected chi connectivity index (χ0v) is 20.5. The second-order valence-corrected chi connectivity index (χ2v) is 8.15. The molecule has 0 radical (unpaired) electrons. The molecular formula is C23H37N7O6. The van der Waals surface area contributed by atoms with Crippen LogP contribution < -0.4 is 38.1 Å². The molecule has 0 bridgehead atoms. The van der Waals surface area contributed by atoms with Crippen molar-refractivity contribution >= 4 is 35.3 Å². The number of carbonyl (C=O) groups is 5. The number of hydrogen-bond donors (Lipinski definition) is 8. The number of aliphatic hydroxyl groups is 1. The Morgan fingerprint density at radius 1 is 0.889 bits per heavy atom. The average Bonchev–Trinajstić information content (AvgIpc) is 2.83. The molecule has 36 heavy (non-hydrogen) atoms. The number of unbranched alkanes of at least 4 members (excludes halogenated alkanes) is 1. The maximum atomic E-state index is 12.8. The minimum atomic E-state index is -0.961. The van der Waals surface area contributed by atoms with E-state index in [1.807, 2.05) is 0 Å². The summed E-state index contributed by atoms with van der Waals surface area (Å²) >= 11 is 0. The monoisotopic (exact) mass is 507 g/mol. The molecule has 0 saturated carbocycles. The van der Waals surface area contributed by atoms with E-state index in [0.717, 1.165) is 0 Å². The fraction of sp³-hybridized carbons (Fsp3) is 0.522. The van der Waals surface area contributed by atoms with Crippen molar-refractivity contribution in [2.75, 3.05) is 25.0 Å². The number of anilines is 1. The molecule has 13 nitrogen and oxygen atoms in total. The summed E-state index contributed by atoms with van der Waals surface area (Å²) in [6.07, 6.45) is 2.23. The van der Waals surface area contributed by atoms with Crippen LogP contribution in [0.1, 0.15) is 44.6 Å². The highest BCUT2D eigenvalue weighted by Gasteiger charge is 2.23. The third-order valence-electron chi connectivity index (χ3n) is 5.09. The van der Waals surface area contributed by atoms with Gasteiger partial charge in [0.05, 0.1) is 13.2 Å². The predicted octanol–water partition coefficient (Wildman–Crippen LogP) is -1.20. The molecule has 0 saturated heterocycles. The standard InChI is InChI=1S/C23H37N7O6/c1-15(32)28-18(5-2-3-11-24)21(34)27-13-20(33)30-19(6-4-12-26-23(25)36)22(35)29-17-9-7-16(14-31)8-10-17/h7-10,18-19,31H,2-6,11-14,24H2,1H3,(H,27,34)(H,28,32)(H,29,35)(H,30,33)(H3,25,26,36). The van der Waals surface area contributed by atoms with Gasteiger partial charge >= 0.3 is 6.03 Å². The molecule has 1 rings (SSSR count). The summed E-state index contributed by atoms with van der Waals surface area (Å²) in [6, 6.07) is 4.06. The minimum Gasteiger partial charge on any atom is -0.392 e. The number of benzene rings is 1. The molecule has 13 heteroatoms. The van der Waals surface area contributed by atoms with Crippen LogP contribution in [0.3, 0.4) is 0 Å². The maximum absolute atomic E-state index is 12.8. The van der Waals surface area contributed by atoms with Crippen molar-refractivity contribution in [1.82, 2.24) is 21.3 Å². The van der Waals surface area contributed by atoms with E-state index in [-0.39, 0.29) is 25.5 Å². The Morgan fingerprint density at radius 2 is 1.53 bits per heavy atom. The van der Waals surface area contributed by atoms with Gasteiger partial charge in [-0.1, -0.05) is 12.1 Å². The maximum Gasteiger partial charge on any atom is 0.312 e. The quantitative estimate of drug-likeness (QED) is 0.128. The number of rotatable bonds is 16. The van der Waals surface area contributed by atoms with E-state index < -0.39 is 42.4 Å². The molecule has 0 spiro atoms. The fourth-order valence-electron chi connectivity index (χ4n) is 3.25. The van der Waals surface area contributed by atoms with E-state index in [9.17, 15) is 24.0 Å². The molecule has 0 heterocycles. The number of nitrogens with one attached hydrogen (secondary N) is 5. The Hall–Kier alpha value is -3.71. The van der Waals surface area contributed by atoms with Gasteiger partial charge in [-0.2, -0.15) is 0 Å². The molecular weight excluding hydrogens is 470 g/mol. The molecule has 1 aromatic rings. The van der Waals surface area contributed by atoms with Gasteiger partial charge in [0.15, 0.2) is 0 Å². The summed E-state index contributed by atoms with van der Waals surface area (Å²) in [7, 11) is 0. The highest BCUT2D eigenvalue weighted by Crippen LogP contribution is 2.11. The van der Waals surface area contributed by atoms with Crippen LogP contribution >= 0.6 is 0 Å². The van der Waals surface area contributed by atoms with Crippen molar-refractivity contribution in [3.63, 3.8) is 0 Å². The zero-order valence-electron chi connectivity index (χ0n) is 20.5. The second kappa shape index (κ2) is 16.8. The number of primary amides is 1. The number of nitrogens with two attached hydrogens (primary N) is 2. The van der Waals surface area contributed by atoms with E-state index in [0.29, 0.717) is 43.5 Å². The third kappa shape index (κ3) is 12.7. The summed E-state index contributed by atoms with van der Waals surface area (Å²) in [5.41, 5.74) is 11.7. The zero-order chi connectivity index (χ0) is 26.9. The first-order valence-corrected chi connectivity index (χ1v) is 11.7. The molecule has 0 aromatic heterocycles. The van der Waals surface area contributed by atoms with Gasteiger partial charge in [-0.05, 0) is 56.3 Å². The molecule has 2 unspecified atom stereocenters. The first-order valence-electron chi connectivity index (χ1n) is 11.7. The number of aliphatic hydroxyl groups excluding tert-OH is 1. The number of hydrogen-bond acceptors (Lipinski definition) is 7. The first kappa shape index (κ1) is 30.3. The van der Waals surface area contributed by atoms with Crippen LogP contribution in [-0.4, -0.2) is 66.5 Å². The van der Waals surface area contributed by atoms with E-state index in [2.05, 4.69) is 26.6 Å². The highest BCUT2D eigenvalue weighted by molar-refractivity contribution is 5.98. The summed E-state index contributed by atoms with van der Waals surface area (Å²) in [4.78, 5) is 60.1. The lowest BCUT2D eigenvalue weighted by molar-refractivity contribution is -0.130. The Morgan fingerprint density at radius 3 is 2.11 bits per heavy atom. The summed E-state index contributed by atoms with van der Waals surface area (Å²) in [5.74, 6) is -2.00. The molecule has 10 N–H and O–H groups in total. The number of urea groups is 1. The highest BCUT2D eigenvalue weighted by atomic mass is 16.3. The lowest BCUT2D eigenvalue weighted by atomic mass is 10.1. The summed E-state index contributed by atoms with van der Waals surface area (Å²) < 4.78 is 0. The van der Waals surface area contributed by atoms with Crippen LogP contribution in [0.4, 0.5) is 10.5 Å². The van der Waals surface area contributed by atoms with Crippen molar-refractivity contribution in [1.29, 1.82) is 0 Å². The predicted molar refractivity (Wildman–Crippen MR) is 133 cm³/mol. The molecule has 0 fully saturated rings. The van der Waals surface area contributed by atoms with Crippen LogP contribution in [0.5, 0.6) is 0 Å². The van der Waals surface area contributed by atoms with Gasteiger partial charge in [-0.15, -0.1) is 0 Å². The van der Waals surface area contributed by atoms with E-state index in [4.69, 9.17) is 16.6 Å². The van der Waals surface area contributed by atoms with Gasteiger partial charge in [0.2, 0.25) is 23.6 Å². The van der Waals surface area contributed by atoms with Crippen molar-refractivity contribution in [3.8, 4) is 0 Å².